The van der Waals surface area contributed by atoms with Crippen LogP contribution in [0.4, 0.5) is 0 Å². The third-order valence-electron chi connectivity index (χ3n) is 2.92. The summed E-state index contributed by atoms with van der Waals surface area (Å²) in [5, 5.41) is 14.3. The van der Waals surface area contributed by atoms with E-state index < -0.39 is 0 Å². The van der Waals surface area contributed by atoms with E-state index in [-0.39, 0.29) is 0 Å². The molecule has 0 fully saturated rings. The number of ether oxygens (including phenoxy) is 1. The average molecular weight is 273 g/mol. The number of aromatic amines is 1. The lowest BCUT2D eigenvalue weighted by Crippen LogP contribution is -2.11. The summed E-state index contributed by atoms with van der Waals surface area (Å²) in [6.45, 7) is 3.88. The van der Waals surface area contributed by atoms with Crippen LogP contribution in [0.25, 0.3) is 10.9 Å². The second-order valence-electron chi connectivity index (χ2n) is 4.20. The molecular formula is C14H15N3OS. The highest BCUT2D eigenvalue weighted by Gasteiger charge is 2.09. The lowest BCUT2D eigenvalue weighted by molar-refractivity contribution is 0.493. The van der Waals surface area contributed by atoms with E-state index in [1.165, 1.54) is 5.56 Å². The Morgan fingerprint density at radius 3 is 3.21 bits per heavy atom. The maximum absolute atomic E-state index is 6.04. The first-order valence-electron chi connectivity index (χ1n) is 6.25. The first-order chi connectivity index (χ1) is 9.38. The molecule has 2 heterocycles. The fraction of sp³-hybridized carbons (Fsp3) is 0.214. The van der Waals surface area contributed by atoms with Crippen LogP contribution in [0, 0.1) is 0 Å². The van der Waals surface area contributed by atoms with E-state index in [9.17, 15) is 0 Å². The van der Waals surface area contributed by atoms with Crippen LogP contribution in [-0.2, 0) is 6.54 Å². The van der Waals surface area contributed by atoms with Gasteiger partial charge in [-0.1, -0.05) is 13.0 Å². The zero-order chi connectivity index (χ0) is 13.1. The molecule has 0 amide bonds. The first kappa shape index (κ1) is 12.2. The average Bonchev–Trinajstić information content (AvgIpc) is 3.05. The number of nitrogens with zero attached hydrogens (tertiary/aromatic N) is 1. The van der Waals surface area contributed by atoms with Gasteiger partial charge in [0.1, 0.15) is 5.75 Å². The maximum atomic E-state index is 6.04. The number of rotatable bonds is 5. The highest BCUT2D eigenvalue weighted by Crippen LogP contribution is 2.34. The third-order valence-corrected chi connectivity index (χ3v) is 3.75. The molecule has 0 radical (unpaired) electrons. The number of fused-ring (bicyclic) bond motifs is 1. The molecule has 0 aliphatic heterocycles. The highest BCUT2D eigenvalue weighted by molar-refractivity contribution is 7.12. The largest absolute Gasteiger partial charge is 0.446 e. The predicted molar refractivity (Wildman–Crippen MR) is 77.9 cm³/mol. The van der Waals surface area contributed by atoms with Crippen LogP contribution in [-0.4, -0.2) is 16.7 Å². The van der Waals surface area contributed by atoms with Crippen molar-refractivity contribution in [1.82, 2.24) is 15.5 Å². The van der Waals surface area contributed by atoms with Crippen molar-refractivity contribution in [2.75, 3.05) is 6.54 Å². The van der Waals surface area contributed by atoms with E-state index in [2.05, 4.69) is 33.9 Å². The van der Waals surface area contributed by atoms with Crippen LogP contribution in [0.1, 0.15) is 12.5 Å². The highest BCUT2D eigenvalue weighted by atomic mass is 32.1. The number of H-pyrrole nitrogens is 1. The van der Waals surface area contributed by atoms with Crippen molar-refractivity contribution in [1.29, 1.82) is 0 Å². The summed E-state index contributed by atoms with van der Waals surface area (Å²) in [5.74, 6) is 0.839. The van der Waals surface area contributed by atoms with Gasteiger partial charge in [0.2, 0.25) is 0 Å². The van der Waals surface area contributed by atoms with Crippen molar-refractivity contribution in [2.24, 2.45) is 0 Å². The number of hydrogen-bond donors (Lipinski definition) is 2. The molecule has 0 aliphatic rings. The Balaban J connectivity index is 1.88. The summed E-state index contributed by atoms with van der Waals surface area (Å²) in [7, 11) is 0. The first-order valence-corrected chi connectivity index (χ1v) is 7.13. The number of hydrogen-bond acceptors (Lipinski definition) is 4. The van der Waals surface area contributed by atoms with E-state index in [1.807, 2.05) is 18.2 Å². The van der Waals surface area contributed by atoms with E-state index in [0.29, 0.717) is 0 Å². The second kappa shape index (κ2) is 5.42. The monoisotopic (exact) mass is 273 g/mol. The fourth-order valence-electron chi connectivity index (χ4n) is 1.93. The molecule has 0 spiro atoms. The quantitative estimate of drug-likeness (QED) is 0.747. The van der Waals surface area contributed by atoms with Crippen molar-refractivity contribution in [3.8, 4) is 10.8 Å². The Kier molecular flexibility index (Phi) is 3.48. The van der Waals surface area contributed by atoms with Gasteiger partial charge in [-0.25, -0.2) is 0 Å². The Bertz CT molecular complexity index is 674. The fourth-order valence-corrected chi connectivity index (χ4v) is 2.72. The van der Waals surface area contributed by atoms with Gasteiger partial charge in [0, 0.05) is 12.1 Å². The Labute approximate surface area is 115 Å². The van der Waals surface area contributed by atoms with E-state index in [4.69, 9.17) is 4.74 Å². The molecule has 3 rings (SSSR count). The zero-order valence-corrected chi connectivity index (χ0v) is 11.5. The third kappa shape index (κ3) is 2.47. The topological polar surface area (TPSA) is 49.9 Å². The van der Waals surface area contributed by atoms with Crippen LogP contribution in [0.2, 0.25) is 0 Å². The molecule has 3 aromatic rings. The molecule has 0 saturated carbocycles. The van der Waals surface area contributed by atoms with Crippen molar-refractivity contribution in [3.63, 3.8) is 0 Å². The Hall–Kier alpha value is -1.85. The van der Waals surface area contributed by atoms with Crippen LogP contribution in [0.15, 0.2) is 35.8 Å². The number of aromatic nitrogens is 2. The van der Waals surface area contributed by atoms with Gasteiger partial charge in [0.15, 0.2) is 5.06 Å². The molecule has 0 atom stereocenters. The zero-order valence-electron chi connectivity index (χ0n) is 10.6. The predicted octanol–water partition coefficient (Wildman–Crippen LogP) is 3.53. The Morgan fingerprint density at radius 2 is 2.32 bits per heavy atom. The number of benzene rings is 1. The van der Waals surface area contributed by atoms with Crippen LogP contribution >= 0.6 is 11.3 Å². The summed E-state index contributed by atoms with van der Waals surface area (Å²) in [6, 6.07) is 8.02. The minimum Gasteiger partial charge on any atom is -0.446 e. The molecule has 19 heavy (non-hydrogen) atoms. The minimum atomic E-state index is 0.830. The van der Waals surface area contributed by atoms with Gasteiger partial charge < -0.3 is 10.1 Å². The van der Waals surface area contributed by atoms with Gasteiger partial charge in [0.25, 0.3) is 0 Å². The van der Waals surface area contributed by atoms with Gasteiger partial charge in [-0.05, 0) is 30.1 Å². The van der Waals surface area contributed by atoms with Crippen molar-refractivity contribution >= 4 is 22.2 Å². The van der Waals surface area contributed by atoms with Crippen LogP contribution in [0.3, 0.4) is 0 Å². The molecule has 0 bridgehead atoms. The summed E-state index contributed by atoms with van der Waals surface area (Å²) < 4.78 is 6.04. The maximum Gasteiger partial charge on any atom is 0.185 e. The Morgan fingerprint density at radius 1 is 1.37 bits per heavy atom. The van der Waals surface area contributed by atoms with Crippen LogP contribution < -0.4 is 10.1 Å². The second-order valence-corrected chi connectivity index (χ2v) is 5.08. The summed E-state index contributed by atoms with van der Waals surface area (Å²) >= 11 is 1.61. The van der Waals surface area contributed by atoms with E-state index in [1.54, 1.807) is 17.5 Å². The normalized spacial score (nSPS) is 11.0. The lowest BCUT2D eigenvalue weighted by Gasteiger charge is -2.07. The van der Waals surface area contributed by atoms with Gasteiger partial charge in [-0.3, -0.25) is 5.10 Å². The number of thiophene rings is 1. The molecule has 4 nitrogen and oxygen atoms in total. The minimum absolute atomic E-state index is 0.830. The van der Waals surface area contributed by atoms with E-state index in [0.717, 1.165) is 34.8 Å². The number of nitrogens with one attached hydrogen (secondary N) is 2. The molecule has 2 aromatic heterocycles. The molecule has 5 heteroatoms. The van der Waals surface area contributed by atoms with Gasteiger partial charge in [-0.2, -0.15) is 5.10 Å². The SMILES string of the molecule is CCNCc1ccsc1Oc1cccc2[nH]ncc12. The summed E-state index contributed by atoms with van der Waals surface area (Å²) in [4.78, 5) is 0. The lowest BCUT2D eigenvalue weighted by atomic mass is 10.2. The van der Waals surface area contributed by atoms with Crippen LogP contribution in [0.5, 0.6) is 10.8 Å². The molecule has 1 aromatic carbocycles. The molecule has 0 aliphatic carbocycles. The molecular weight excluding hydrogens is 258 g/mol. The summed E-state index contributed by atoms with van der Waals surface area (Å²) in [5.41, 5.74) is 2.18. The van der Waals surface area contributed by atoms with Gasteiger partial charge >= 0.3 is 0 Å². The van der Waals surface area contributed by atoms with E-state index >= 15 is 0 Å². The molecule has 98 valence electrons. The smallest absolute Gasteiger partial charge is 0.185 e. The molecule has 0 unspecified atom stereocenters. The molecule has 2 N–H and O–H groups in total. The standard InChI is InChI=1S/C14H15N3OS/c1-2-15-8-10-6-7-19-14(10)18-13-5-3-4-12-11(13)9-16-17-12/h3-7,9,15H,2,8H2,1H3,(H,16,17). The van der Waals surface area contributed by atoms with Gasteiger partial charge in [0.05, 0.1) is 17.1 Å². The van der Waals surface area contributed by atoms with Crippen molar-refractivity contribution in [3.05, 3.63) is 41.4 Å². The van der Waals surface area contributed by atoms with Crippen molar-refractivity contribution < 1.29 is 4.74 Å². The van der Waals surface area contributed by atoms with Gasteiger partial charge in [-0.15, -0.1) is 11.3 Å². The summed E-state index contributed by atoms with van der Waals surface area (Å²) in [6.07, 6.45) is 1.79. The van der Waals surface area contributed by atoms with Crippen molar-refractivity contribution in [2.45, 2.75) is 13.5 Å². The molecule has 0 saturated heterocycles.